The van der Waals surface area contributed by atoms with Gasteiger partial charge >= 0.3 is 0 Å². The van der Waals surface area contributed by atoms with Gasteiger partial charge in [0.15, 0.2) is 11.2 Å². The maximum atomic E-state index is 6.83. The van der Waals surface area contributed by atoms with Crippen molar-refractivity contribution >= 4 is 21.7 Å². The first-order chi connectivity index (χ1) is 15.2. The summed E-state index contributed by atoms with van der Waals surface area (Å²) in [7, 11) is 2.12. The van der Waals surface area contributed by atoms with E-state index >= 15 is 0 Å². The SMILES string of the molecule is Cc1c2c(c3c4c(cccc14)CC3)Oc1cc(C3CCCCC3)cc3nc[n+](C)c-2c13. The zero-order chi connectivity index (χ0) is 20.7. The van der Waals surface area contributed by atoms with Gasteiger partial charge in [0, 0.05) is 5.56 Å². The van der Waals surface area contributed by atoms with E-state index in [9.17, 15) is 0 Å². The van der Waals surface area contributed by atoms with E-state index in [0.29, 0.717) is 5.92 Å². The zero-order valence-electron chi connectivity index (χ0n) is 18.3. The molecule has 3 aromatic carbocycles. The summed E-state index contributed by atoms with van der Waals surface area (Å²) in [6, 6.07) is 11.4. The Kier molecular flexibility index (Phi) is 3.59. The maximum Gasteiger partial charge on any atom is 0.287 e. The monoisotopic (exact) mass is 407 g/mol. The third kappa shape index (κ3) is 2.35. The van der Waals surface area contributed by atoms with Crippen molar-refractivity contribution in [2.45, 2.75) is 57.8 Å². The van der Waals surface area contributed by atoms with Crippen LogP contribution >= 0.6 is 0 Å². The van der Waals surface area contributed by atoms with Gasteiger partial charge < -0.3 is 4.74 Å². The number of rotatable bonds is 1. The first kappa shape index (κ1) is 17.7. The van der Waals surface area contributed by atoms with Gasteiger partial charge in [-0.3, -0.25) is 0 Å². The molecule has 0 N–H and O–H groups in total. The number of benzene rings is 3. The number of aromatic nitrogens is 2. The Morgan fingerprint density at radius 3 is 2.77 bits per heavy atom. The van der Waals surface area contributed by atoms with Crippen molar-refractivity contribution in [1.29, 1.82) is 0 Å². The molecule has 7 rings (SSSR count). The van der Waals surface area contributed by atoms with Crippen LogP contribution in [0.3, 0.4) is 0 Å². The highest BCUT2D eigenvalue weighted by molar-refractivity contribution is 6.07. The Bertz CT molecular complexity index is 1410. The lowest BCUT2D eigenvalue weighted by molar-refractivity contribution is -0.662. The van der Waals surface area contributed by atoms with Gasteiger partial charge in [-0.1, -0.05) is 37.5 Å². The van der Waals surface area contributed by atoms with Crippen LogP contribution in [0.4, 0.5) is 0 Å². The van der Waals surface area contributed by atoms with Crippen molar-refractivity contribution in [2.75, 3.05) is 0 Å². The van der Waals surface area contributed by atoms with E-state index in [0.717, 1.165) is 29.9 Å². The number of ether oxygens (including phenoxy) is 1. The van der Waals surface area contributed by atoms with Crippen molar-refractivity contribution in [1.82, 2.24) is 4.98 Å². The summed E-state index contributed by atoms with van der Waals surface area (Å²) in [5, 5.41) is 3.97. The van der Waals surface area contributed by atoms with Gasteiger partial charge in [0.1, 0.15) is 16.9 Å². The highest BCUT2D eigenvalue weighted by Gasteiger charge is 2.34. The van der Waals surface area contributed by atoms with Crippen LogP contribution < -0.4 is 9.30 Å². The van der Waals surface area contributed by atoms with Crippen LogP contribution in [0.25, 0.3) is 32.9 Å². The minimum Gasteiger partial charge on any atom is -0.455 e. The summed E-state index contributed by atoms with van der Waals surface area (Å²) < 4.78 is 9.02. The van der Waals surface area contributed by atoms with Gasteiger partial charge in [0.05, 0.1) is 12.6 Å². The van der Waals surface area contributed by atoms with Gasteiger partial charge in [-0.15, -0.1) is 0 Å². The molecule has 0 radical (unpaired) electrons. The lowest BCUT2D eigenvalue weighted by Crippen LogP contribution is -2.33. The van der Waals surface area contributed by atoms with Crippen LogP contribution in [0.1, 0.15) is 60.3 Å². The first-order valence-corrected chi connectivity index (χ1v) is 11.8. The Morgan fingerprint density at radius 2 is 1.90 bits per heavy atom. The molecule has 1 aliphatic heterocycles. The number of hydrogen-bond acceptors (Lipinski definition) is 2. The molecule has 3 aliphatic rings. The average Bonchev–Trinajstić information content (AvgIpc) is 3.24. The van der Waals surface area contributed by atoms with E-state index in [1.54, 1.807) is 0 Å². The second-order valence-corrected chi connectivity index (χ2v) is 9.70. The van der Waals surface area contributed by atoms with Gasteiger partial charge in [-0.2, -0.15) is 0 Å². The molecule has 1 saturated carbocycles. The van der Waals surface area contributed by atoms with Gasteiger partial charge in [-0.25, -0.2) is 4.57 Å². The van der Waals surface area contributed by atoms with E-state index < -0.39 is 0 Å². The molecule has 0 bridgehead atoms. The maximum absolute atomic E-state index is 6.83. The van der Waals surface area contributed by atoms with Crippen LogP contribution in [-0.4, -0.2) is 4.98 Å². The van der Waals surface area contributed by atoms with Crippen LogP contribution in [0.5, 0.6) is 11.5 Å². The topological polar surface area (TPSA) is 26.0 Å². The molecule has 0 unspecified atom stereocenters. The van der Waals surface area contributed by atoms with Crippen LogP contribution in [0, 0.1) is 6.92 Å². The van der Waals surface area contributed by atoms with E-state index in [4.69, 9.17) is 9.72 Å². The Balaban J connectivity index is 1.56. The standard InChI is InChI=1S/C28H27N2O/c1-16-20-10-6-9-18-11-12-21(25(18)20)28-24(16)27-26-22(29-15-30(27)2)13-19(14-23(26)31-28)17-7-4-3-5-8-17/h6,9-10,13-15,17H,3-5,7-8,11-12H2,1-2H3/q+1. The molecule has 1 aromatic heterocycles. The average molecular weight is 408 g/mol. The molecule has 4 aromatic rings. The quantitative estimate of drug-likeness (QED) is 0.299. The van der Waals surface area contributed by atoms with Crippen LogP contribution in [0.15, 0.2) is 36.7 Å². The largest absolute Gasteiger partial charge is 0.455 e. The molecule has 3 nitrogen and oxygen atoms in total. The second kappa shape index (κ2) is 6.29. The molecule has 2 heterocycles. The number of fused-ring (bicyclic) bond motifs is 3. The normalized spacial score (nSPS) is 17.2. The Hall–Kier alpha value is -2.94. The molecular weight excluding hydrogens is 380 g/mol. The lowest BCUT2D eigenvalue weighted by Gasteiger charge is -2.26. The number of hydrogen-bond donors (Lipinski definition) is 0. The summed E-state index contributed by atoms with van der Waals surface area (Å²) in [6.07, 6.45) is 10.8. The summed E-state index contributed by atoms with van der Waals surface area (Å²) in [5.41, 5.74) is 9.17. The highest BCUT2D eigenvalue weighted by Crippen LogP contribution is 2.53. The fraction of sp³-hybridized carbons (Fsp3) is 0.357. The minimum atomic E-state index is 0.638. The van der Waals surface area contributed by atoms with Gasteiger partial charge in [-0.05, 0) is 83.1 Å². The second-order valence-electron chi connectivity index (χ2n) is 9.70. The molecule has 31 heavy (non-hydrogen) atoms. The third-order valence-corrected chi connectivity index (χ3v) is 7.97. The van der Waals surface area contributed by atoms with Crippen molar-refractivity contribution in [3.63, 3.8) is 0 Å². The summed E-state index contributed by atoms with van der Waals surface area (Å²) in [5.74, 6) is 2.73. The fourth-order valence-corrected chi connectivity index (χ4v) is 6.45. The third-order valence-electron chi connectivity index (χ3n) is 7.97. The predicted molar refractivity (Wildman–Crippen MR) is 124 cm³/mol. The first-order valence-electron chi connectivity index (χ1n) is 11.8. The number of aryl methyl sites for hydroxylation is 4. The smallest absolute Gasteiger partial charge is 0.287 e. The Morgan fingerprint density at radius 1 is 1.03 bits per heavy atom. The molecular formula is C28H27N2O+. The molecule has 0 saturated heterocycles. The minimum absolute atomic E-state index is 0.638. The van der Waals surface area contributed by atoms with E-state index in [2.05, 4.69) is 48.9 Å². The lowest BCUT2D eigenvalue weighted by atomic mass is 9.83. The van der Waals surface area contributed by atoms with Crippen molar-refractivity contribution < 1.29 is 9.30 Å². The molecule has 0 amide bonds. The molecule has 0 spiro atoms. The molecule has 0 atom stereocenters. The Labute approximate surface area is 182 Å². The van der Waals surface area contributed by atoms with E-state index in [-0.39, 0.29) is 0 Å². The van der Waals surface area contributed by atoms with Gasteiger partial charge in [0.25, 0.3) is 6.33 Å². The molecule has 154 valence electrons. The van der Waals surface area contributed by atoms with Crippen molar-refractivity contribution in [2.24, 2.45) is 7.05 Å². The van der Waals surface area contributed by atoms with Crippen LogP contribution in [-0.2, 0) is 19.9 Å². The predicted octanol–water partition coefficient (Wildman–Crippen LogP) is 6.44. The number of nitrogens with zero attached hydrogens (tertiary/aromatic N) is 2. The van der Waals surface area contributed by atoms with Gasteiger partial charge in [0.2, 0.25) is 0 Å². The molecule has 2 aliphatic carbocycles. The summed E-state index contributed by atoms with van der Waals surface area (Å²) in [6.45, 7) is 2.26. The summed E-state index contributed by atoms with van der Waals surface area (Å²) >= 11 is 0. The van der Waals surface area contributed by atoms with E-state index in [1.165, 1.54) is 81.8 Å². The van der Waals surface area contributed by atoms with Crippen molar-refractivity contribution in [3.05, 3.63) is 58.9 Å². The van der Waals surface area contributed by atoms with Crippen LogP contribution in [0.2, 0.25) is 0 Å². The molecule has 1 fully saturated rings. The van der Waals surface area contributed by atoms with E-state index in [1.807, 2.05) is 6.33 Å². The summed E-state index contributed by atoms with van der Waals surface area (Å²) in [4.78, 5) is 4.84. The zero-order valence-corrected chi connectivity index (χ0v) is 18.3. The highest BCUT2D eigenvalue weighted by atomic mass is 16.5. The van der Waals surface area contributed by atoms with Crippen molar-refractivity contribution in [3.8, 4) is 22.8 Å². The molecule has 3 heteroatoms. The fourth-order valence-electron chi connectivity index (χ4n) is 6.45.